The summed E-state index contributed by atoms with van der Waals surface area (Å²) in [5.41, 5.74) is 0.0182. The van der Waals surface area contributed by atoms with E-state index in [1.807, 2.05) is 0 Å². The minimum atomic E-state index is 0.0182. The van der Waals surface area contributed by atoms with Crippen molar-refractivity contribution in [3.8, 4) is 0 Å². The fourth-order valence-electron chi connectivity index (χ4n) is 1.90. The van der Waals surface area contributed by atoms with E-state index < -0.39 is 0 Å². The third-order valence-electron chi connectivity index (χ3n) is 2.86. The first kappa shape index (κ1) is 11.0. The first-order valence-corrected chi connectivity index (χ1v) is 5.41. The zero-order valence-corrected chi connectivity index (χ0v) is 9.31. The minimum absolute atomic E-state index is 0.0182. The van der Waals surface area contributed by atoms with Gasteiger partial charge in [0.25, 0.3) is 0 Å². The largest absolute Gasteiger partial charge is 0.377 e. The number of hydrogen-bond donors (Lipinski definition) is 0. The number of hydrogen-bond acceptors (Lipinski definition) is 2. The molecule has 2 nitrogen and oxygen atoms in total. The molecular formula is C11H23NO. The summed E-state index contributed by atoms with van der Waals surface area (Å²) >= 11 is 0. The van der Waals surface area contributed by atoms with Gasteiger partial charge in [-0.3, -0.25) is 0 Å². The highest BCUT2D eigenvalue weighted by atomic mass is 16.5. The van der Waals surface area contributed by atoms with Crippen molar-refractivity contribution in [3.63, 3.8) is 0 Å². The summed E-state index contributed by atoms with van der Waals surface area (Å²) in [5.74, 6) is 0. The molecule has 0 aromatic heterocycles. The molecule has 0 bridgehead atoms. The molecule has 1 rings (SSSR count). The van der Waals surface area contributed by atoms with E-state index in [0.717, 1.165) is 6.54 Å². The predicted octanol–water partition coefficient (Wildman–Crippen LogP) is 2.29. The molecular weight excluding hydrogens is 162 g/mol. The molecule has 0 unspecified atom stereocenters. The third kappa shape index (κ3) is 4.10. The molecule has 1 saturated heterocycles. The van der Waals surface area contributed by atoms with Crippen LogP contribution in [0.1, 0.15) is 39.5 Å². The van der Waals surface area contributed by atoms with Crippen molar-refractivity contribution in [1.29, 1.82) is 0 Å². The number of ether oxygens (including phenoxy) is 1. The van der Waals surface area contributed by atoms with Crippen molar-refractivity contribution >= 4 is 0 Å². The lowest BCUT2D eigenvalue weighted by Crippen LogP contribution is -2.40. The van der Waals surface area contributed by atoms with Gasteiger partial charge >= 0.3 is 0 Å². The Morgan fingerprint density at radius 1 is 1.08 bits per heavy atom. The Hall–Kier alpha value is -0.0800. The van der Waals surface area contributed by atoms with Gasteiger partial charge < -0.3 is 9.64 Å². The van der Waals surface area contributed by atoms with Gasteiger partial charge in [0, 0.05) is 13.7 Å². The first-order chi connectivity index (χ1) is 6.14. The summed E-state index contributed by atoms with van der Waals surface area (Å²) in [5, 5.41) is 0. The smallest absolute Gasteiger partial charge is 0.0749 e. The second-order valence-corrected chi connectivity index (χ2v) is 4.65. The Kier molecular flexibility index (Phi) is 4.20. The van der Waals surface area contributed by atoms with Crippen LogP contribution in [-0.2, 0) is 4.74 Å². The van der Waals surface area contributed by atoms with Crippen LogP contribution in [0.15, 0.2) is 0 Å². The van der Waals surface area contributed by atoms with Crippen LogP contribution in [-0.4, -0.2) is 37.2 Å². The number of rotatable bonds is 3. The van der Waals surface area contributed by atoms with Gasteiger partial charge in [-0.2, -0.15) is 0 Å². The average Bonchev–Trinajstić information content (AvgIpc) is 2.32. The molecule has 1 fully saturated rings. The highest BCUT2D eigenvalue weighted by Gasteiger charge is 2.21. The van der Waals surface area contributed by atoms with Gasteiger partial charge in [-0.1, -0.05) is 12.8 Å². The quantitative estimate of drug-likeness (QED) is 0.669. The molecule has 0 spiro atoms. The van der Waals surface area contributed by atoms with E-state index in [1.54, 1.807) is 7.11 Å². The molecule has 2 heteroatoms. The maximum Gasteiger partial charge on any atom is 0.0749 e. The van der Waals surface area contributed by atoms with E-state index in [-0.39, 0.29) is 5.60 Å². The van der Waals surface area contributed by atoms with Crippen LogP contribution in [0.2, 0.25) is 0 Å². The fourth-order valence-corrected chi connectivity index (χ4v) is 1.90. The second-order valence-electron chi connectivity index (χ2n) is 4.65. The minimum Gasteiger partial charge on any atom is -0.377 e. The van der Waals surface area contributed by atoms with E-state index in [2.05, 4.69) is 18.7 Å². The van der Waals surface area contributed by atoms with E-state index in [4.69, 9.17) is 4.74 Å². The van der Waals surface area contributed by atoms with Gasteiger partial charge in [-0.15, -0.1) is 0 Å². The molecule has 0 aliphatic carbocycles. The second kappa shape index (κ2) is 4.97. The molecule has 1 aliphatic heterocycles. The molecule has 0 saturated carbocycles. The molecule has 0 aromatic carbocycles. The third-order valence-corrected chi connectivity index (χ3v) is 2.86. The van der Waals surface area contributed by atoms with Gasteiger partial charge in [0.1, 0.15) is 0 Å². The lowest BCUT2D eigenvalue weighted by molar-refractivity contribution is -0.00677. The summed E-state index contributed by atoms with van der Waals surface area (Å²) in [6.07, 6.45) is 5.54. The van der Waals surface area contributed by atoms with Crippen LogP contribution in [0.4, 0.5) is 0 Å². The number of methoxy groups -OCH3 is 1. The van der Waals surface area contributed by atoms with Crippen molar-refractivity contribution in [2.24, 2.45) is 0 Å². The van der Waals surface area contributed by atoms with Crippen molar-refractivity contribution in [1.82, 2.24) is 4.90 Å². The zero-order valence-electron chi connectivity index (χ0n) is 9.31. The highest BCUT2D eigenvalue weighted by Crippen LogP contribution is 2.15. The molecule has 0 amide bonds. The van der Waals surface area contributed by atoms with Crippen LogP contribution >= 0.6 is 0 Å². The molecule has 78 valence electrons. The van der Waals surface area contributed by atoms with Gasteiger partial charge in [0.2, 0.25) is 0 Å². The molecule has 1 heterocycles. The van der Waals surface area contributed by atoms with Crippen molar-refractivity contribution in [3.05, 3.63) is 0 Å². The van der Waals surface area contributed by atoms with E-state index in [9.17, 15) is 0 Å². The molecule has 0 atom stereocenters. The SMILES string of the molecule is COC(C)(C)CN1CCCCCC1. The van der Waals surface area contributed by atoms with Crippen molar-refractivity contribution < 1.29 is 4.74 Å². The maximum absolute atomic E-state index is 5.44. The zero-order chi connectivity index (χ0) is 9.73. The number of nitrogens with zero attached hydrogens (tertiary/aromatic N) is 1. The summed E-state index contributed by atoms with van der Waals surface area (Å²) in [7, 11) is 1.80. The Morgan fingerprint density at radius 3 is 2.08 bits per heavy atom. The monoisotopic (exact) mass is 185 g/mol. The van der Waals surface area contributed by atoms with E-state index in [1.165, 1.54) is 38.8 Å². The van der Waals surface area contributed by atoms with E-state index in [0.29, 0.717) is 0 Å². The predicted molar refractivity (Wildman–Crippen MR) is 56.0 cm³/mol. The summed E-state index contributed by atoms with van der Waals surface area (Å²) in [6, 6.07) is 0. The van der Waals surface area contributed by atoms with Crippen LogP contribution in [0.25, 0.3) is 0 Å². The van der Waals surface area contributed by atoms with Crippen molar-refractivity contribution in [2.75, 3.05) is 26.7 Å². The molecule has 0 N–H and O–H groups in total. The maximum atomic E-state index is 5.44. The van der Waals surface area contributed by atoms with Crippen LogP contribution in [0.5, 0.6) is 0 Å². The lowest BCUT2D eigenvalue weighted by Gasteiger charge is -2.30. The summed E-state index contributed by atoms with van der Waals surface area (Å²) in [4.78, 5) is 2.54. The molecule has 13 heavy (non-hydrogen) atoms. The summed E-state index contributed by atoms with van der Waals surface area (Å²) in [6.45, 7) is 7.92. The van der Waals surface area contributed by atoms with Crippen LogP contribution in [0, 0.1) is 0 Å². The Bertz CT molecular complexity index is 137. The first-order valence-electron chi connectivity index (χ1n) is 5.41. The van der Waals surface area contributed by atoms with Crippen LogP contribution in [0.3, 0.4) is 0 Å². The lowest BCUT2D eigenvalue weighted by atomic mass is 10.1. The summed E-state index contributed by atoms with van der Waals surface area (Å²) < 4.78 is 5.44. The van der Waals surface area contributed by atoms with E-state index >= 15 is 0 Å². The standard InChI is InChI=1S/C11H23NO/c1-11(2,13-3)10-12-8-6-4-5-7-9-12/h4-10H2,1-3H3. The Balaban J connectivity index is 2.33. The fraction of sp³-hybridized carbons (Fsp3) is 1.00. The van der Waals surface area contributed by atoms with Crippen LogP contribution < -0.4 is 0 Å². The Labute approximate surface area is 82.3 Å². The normalized spacial score (nSPS) is 21.5. The highest BCUT2D eigenvalue weighted by molar-refractivity contribution is 4.75. The Morgan fingerprint density at radius 2 is 1.62 bits per heavy atom. The molecule has 0 aromatic rings. The van der Waals surface area contributed by atoms with Gasteiger partial charge in [-0.05, 0) is 39.8 Å². The van der Waals surface area contributed by atoms with Gasteiger partial charge in [0.15, 0.2) is 0 Å². The number of likely N-dealkylation sites (tertiary alicyclic amines) is 1. The molecule has 1 aliphatic rings. The molecule has 0 radical (unpaired) electrons. The average molecular weight is 185 g/mol. The van der Waals surface area contributed by atoms with Gasteiger partial charge in [-0.25, -0.2) is 0 Å². The van der Waals surface area contributed by atoms with Crippen molar-refractivity contribution in [2.45, 2.75) is 45.1 Å². The van der Waals surface area contributed by atoms with Gasteiger partial charge in [0.05, 0.1) is 5.60 Å². The topological polar surface area (TPSA) is 12.5 Å².